The van der Waals surface area contributed by atoms with E-state index in [2.05, 4.69) is 34.3 Å². The number of aryl methyl sites for hydroxylation is 1. The lowest BCUT2D eigenvalue weighted by Crippen LogP contribution is -2.11. The zero-order chi connectivity index (χ0) is 14.1. The number of benzene rings is 1. The van der Waals surface area contributed by atoms with E-state index in [1.165, 1.54) is 16.9 Å². The van der Waals surface area contributed by atoms with Gasteiger partial charge in [0.2, 0.25) is 0 Å². The highest BCUT2D eigenvalue weighted by Gasteiger charge is 2.11. The van der Waals surface area contributed by atoms with Crippen LogP contribution in [0.25, 0.3) is 10.2 Å². The normalized spacial score (nSPS) is 10.9. The summed E-state index contributed by atoms with van der Waals surface area (Å²) in [5, 5.41) is 3.87. The first-order chi connectivity index (χ1) is 9.65. The van der Waals surface area contributed by atoms with Crippen molar-refractivity contribution < 1.29 is 4.79 Å². The number of fused-ring (bicyclic) bond motifs is 1. The Hall–Kier alpha value is -1.85. The van der Waals surface area contributed by atoms with E-state index in [-0.39, 0.29) is 5.91 Å². The number of rotatable bonds is 3. The maximum Gasteiger partial charge on any atom is 0.273 e. The van der Waals surface area contributed by atoms with Gasteiger partial charge in [0.05, 0.1) is 15.2 Å². The van der Waals surface area contributed by atoms with Crippen molar-refractivity contribution >= 4 is 44.2 Å². The molecule has 2 N–H and O–H groups in total. The standard InChI is InChI=1S/C14H12ClN3OS/c1-2-8-3-4-10-12(5-8)20-14(17-10)18-13(19)11-6-9(15)7-16-11/h3-7,16H,2H2,1H3,(H,17,18,19). The second kappa shape index (κ2) is 5.26. The van der Waals surface area contributed by atoms with Crippen molar-refractivity contribution in [1.82, 2.24) is 9.97 Å². The van der Waals surface area contributed by atoms with Crippen LogP contribution in [-0.4, -0.2) is 15.9 Å². The van der Waals surface area contributed by atoms with Crippen LogP contribution < -0.4 is 5.32 Å². The van der Waals surface area contributed by atoms with Gasteiger partial charge in [0.25, 0.3) is 5.91 Å². The second-order valence-electron chi connectivity index (χ2n) is 4.36. The third kappa shape index (κ3) is 2.55. The number of thiazole rings is 1. The zero-order valence-electron chi connectivity index (χ0n) is 10.7. The first kappa shape index (κ1) is 13.1. The molecular weight excluding hydrogens is 294 g/mol. The maximum atomic E-state index is 12.0. The van der Waals surface area contributed by atoms with Gasteiger partial charge in [-0.2, -0.15) is 0 Å². The lowest BCUT2D eigenvalue weighted by molar-refractivity contribution is 0.102. The molecule has 0 saturated carbocycles. The van der Waals surface area contributed by atoms with Gasteiger partial charge in [0.1, 0.15) is 5.69 Å². The SMILES string of the molecule is CCc1ccc2nc(NC(=O)c3cc(Cl)c[nH]3)sc2c1. The molecule has 2 aromatic heterocycles. The van der Waals surface area contributed by atoms with Gasteiger partial charge in [0.15, 0.2) is 5.13 Å². The van der Waals surface area contributed by atoms with Crippen LogP contribution in [0.4, 0.5) is 5.13 Å². The van der Waals surface area contributed by atoms with Crippen LogP contribution in [-0.2, 0) is 6.42 Å². The van der Waals surface area contributed by atoms with E-state index in [0.717, 1.165) is 16.6 Å². The van der Waals surface area contributed by atoms with Crippen molar-refractivity contribution in [3.05, 3.63) is 46.7 Å². The number of nitrogens with zero attached hydrogens (tertiary/aromatic N) is 1. The second-order valence-corrected chi connectivity index (χ2v) is 5.83. The smallest absolute Gasteiger partial charge is 0.273 e. The first-order valence-corrected chi connectivity index (χ1v) is 7.40. The summed E-state index contributed by atoms with van der Waals surface area (Å²) < 4.78 is 1.07. The number of hydrogen-bond acceptors (Lipinski definition) is 3. The van der Waals surface area contributed by atoms with Crippen molar-refractivity contribution in [3.63, 3.8) is 0 Å². The van der Waals surface area contributed by atoms with Gasteiger partial charge in [-0.3, -0.25) is 10.1 Å². The third-order valence-electron chi connectivity index (χ3n) is 2.97. The molecule has 0 spiro atoms. The lowest BCUT2D eigenvalue weighted by atomic mass is 10.2. The summed E-state index contributed by atoms with van der Waals surface area (Å²) in [7, 11) is 0. The first-order valence-electron chi connectivity index (χ1n) is 6.20. The summed E-state index contributed by atoms with van der Waals surface area (Å²) in [6.07, 6.45) is 2.55. The predicted octanol–water partition coefficient (Wildman–Crippen LogP) is 4.09. The minimum Gasteiger partial charge on any atom is -0.356 e. The lowest BCUT2D eigenvalue weighted by Gasteiger charge is -1.97. The molecule has 4 nitrogen and oxygen atoms in total. The van der Waals surface area contributed by atoms with E-state index in [1.807, 2.05) is 6.07 Å². The molecule has 0 saturated heterocycles. The number of carbonyl (C=O) groups excluding carboxylic acids is 1. The Labute approximate surface area is 124 Å². The molecule has 0 aliphatic carbocycles. The van der Waals surface area contributed by atoms with Crippen molar-refractivity contribution in [1.29, 1.82) is 0 Å². The molecule has 1 amide bonds. The maximum absolute atomic E-state index is 12.0. The Bertz CT molecular complexity index is 778. The Morgan fingerprint density at radius 2 is 2.30 bits per heavy atom. The summed E-state index contributed by atoms with van der Waals surface area (Å²) >= 11 is 7.25. The van der Waals surface area contributed by atoms with Crippen molar-refractivity contribution in [2.75, 3.05) is 5.32 Å². The monoisotopic (exact) mass is 305 g/mol. The Morgan fingerprint density at radius 3 is 3.00 bits per heavy atom. The van der Waals surface area contributed by atoms with Crippen LogP contribution in [0.15, 0.2) is 30.5 Å². The number of H-pyrrole nitrogens is 1. The largest absolute Gasteiger partial charge is 0.356 e. The van der Waals surface area contributed by atoms with Crippen LogP contribution >= 0.6 is 22.9 Å². The topological polar surface area (TPSA) is 57.8 Å². The molecule has 3 aromatic rings. The molecular formula is C14H12ClN3OS. The van der Waals surface area contributed by atoms with Gasteiger partial charge in [-0.15, -0.1) is 0 Å². The van der Waals surface area contributed by atoms with Gasteiger partial charge in [0, 0.05) is 6.20 Å². The average Bonchev–Trinajstić information content (AvgIpc) is 3.03. The molecule has 0 bridgehead atoms. The molecule has 0 aliphatic heterocycles. The average molecular weight is 306 g/mol. The van der Waals surface area contributed by atoms with E-state index in [0.29, 0.717) is 15.8 Å². The van der Waals surface area contributed by atoms with E-state index < -0.39 is 0 Å². The molecule has 0 atom stereocenters. The number of aromatic amines is 1. The highest BCUT2D eigenvalue weighted by Crippen LogP contribution is 2.27. The van der Waals surface area contributed by atoms with Crippen LogP contribution in [0, 0.1) is 0 Å². The number of amides is 1. The summed E-state index contributed by atoms with van der Waals surface area (Å²) in [5.74, 6) is -0.244. The number of aromatic nitrogens is 2. The van der Waals surface area contributed by atoms with Crippen molar-refractivity contribution in [2.45, 2.75) is 13.3 Å². The van der Waals surface area contributed by atoms with Gasteiger partial charge in [-0.05, 0) is 30.2 Å². The predicted molar refractivity (Wildman–Crippen MR) is 82.8 cm³/mol. The molecule has 0 fully saturated rings. The minimum absolute atomic E-state index is 0.244. The highest BCUT2D eigenvalue weighted by atomic mass is 35.5. The molecule has 3 rings (SSSR count). The summed E-state index contributed by atoms with van der Waals surface area (Å²) in [4.78, 5) is 19.2. The fourth-order valence-electron chi connectivity index (χ4n) is 1.91. The van der Waals surface area contributed by atoms with E-state index in [9.17, 15) is 4.79 Å². The summed E-state index contributed by atoms with van der Waals surface area (Å²) in [6, 6.07) is 7.72. The number of nitrogens with one attached hydrogen (secondary N) is 2. The fraction of sp³-hybridized carbons (Fsp3) is 0.143. The number of halogens is 1. The van der Waals surface area contributed by atoms with Crippen LogP contribution in [0.1, 0.15) is 23.0 Å². The summed E-state index contributed by atoms with van der Waals surface area (Å²) in [5.41, 5.74) is 2.57. The van der Waals surface area contributed by atoms with E-state index in [4.69, 9.17) is 11.6 Å². The zero-order valence-corrected chi connectivity index (χ0v) is 12.3. The molecule has 1 aromatic carbocycles. The number of hydrogen-bond donors (Lipinski definition) is 2. The molecule has 0 radical (unpaired) electrons. The summed E-state index contributed by atoms with van der Waals surface area (Å²) in [6.45, 7) is 2.11. The van der Waals surface area contributed by atoms with Gasteiger partial charge in [-0.25, -0.2) is 4.98 Å². The minimum atomic E-state index is -0.244. The molecule has 102 valence electrons. The molecule has 2 heterocycles. The van der Waals surface area contributed by atoms with Crippen LogP contribution in [0.2, 0.25) is 5.02 Å². The Morgan fingerprint density at radius 1 is 1.45 bits per heavy atom. The fourth-order valence-corrected chi connectivity index (χ4v) is 2.99. The number of anilines is 1. The van der Waals surface area contributed by atoms with Crippen molar-refractivity contribution in [3.8, 4) is 0 Å². The van der Waals surface area contributed by atoms with Gasteiger partial charge < -0.3 is 4.98 Å². The van der Waals surface area contributed by atoms with Crippen LogP contribution in [0.5, 0.6) is 0 Å². The van der Waals surface area contributed by atoms with Gasteiger partial charge >= 0.3 is 0 Å². The van der Waals surface area contributed by atoms with Crippen molar-refractivity contribution in [2.24, 2.45) is 0 Å². The van der Waals surface area contributed by atoms with E-state index in [1.54, 1.807) is 12.3 Å². The Kier molecular flexibility index (Phi) is 3.46. The van der Waals surface area contributed by atoms with E-state index >= 15 is 0 Å². The van der Waals surface area contributed by atoms with Gasteiger partial charge in [-0.1, -0.05) is 35.9 Å². The third-order valence-corrected chi connectivity index (χ3v) is 4.13. The van der Waals surface area contributed by atoms with Crippen LogP contribution in [0.3, 0.4) is 0 Å². The number of carbonyl (C=O) groups is 1. The Balaban J connectivity index is 1.85. The quantitative estimate of drug-likeness (QED) is 0.765. The molecule has 20 heavy (non-hydrogen) atoms. The molecule has 6 heteroatoms. The molecule has 0 unspecified atom stereocenters. The molecule has 0 aliphatic rings. The highest BCUT2D eigenvalue weighted by molar-refractivity contribution is 7.22.